The van der Waals surface area contributed by atoms with E-state index < -0.39 is 10.0 Å². The van der Waals surface area contributed by atoms with Crippen LogP contribution in [-0.2, 0) is 10.0 Å². The van der Waals surface area contributed by atoms with Crippen molar-refractivity contribution in [1.82, 2.24) is 9.62 Å². The summed E-state index contributed by atoms with van der Waals surface area (Å²) in [5, 5.41) is 0. The zero-order chi connectivity index (χ0) is 12.2. The molecule has 0 aromatic rings. The van der Waals surface area contributed by atoms with E-state index in [4.69, 9.17) is 11.6 Å². The second-order valence-corrected chi connectivity index (χ2v) is 6.97. The van der Waals surface area contributed by atoms with E-state index in [1.165, 1.54) is 0 Å². The van der Waals surface area contributed by atoms with E-state index in [0.29, 0.717) is 18.3 Å². The van der Waals surface area contributed by atoms with Crippen molar-refractivity contribution in [3.05, 3.63) is 0 Å². The minimum atomic E-state index is -3.15. The molecule has 0 amide bonds. The molecule has 1 N–H and O–H groups in total. The fourth-order valence-corrected chi connectivity index (χ4v) is 3.63. The third-order valence-corrected chi connectivity index (χ3v) is 4.99. The fourth-order valence-electron chi connectivity index (χ4n) is 1.92. The van der Waals surface area contributed by atoms with E-state index in [-0.39, 0.29) is 11.7 Å². The lowest BCUT2D eigenvalue weighted by Gasteiger charge is -2.13. The number of nitrogens with one attached hydrogen (secondary N) is 1. The van der Waals surface area contributed by atoms with Crippen LogP contribution in [0.5, 0.6) is 0 Å². The monoisotopic (exact) mass is 268 g/mol. The second kappa shape index (κ2) is 6.19. The maximum Gasteiger partial charge on any atom is 0.211 e. The predicted molar refractivity (Wildman–Crippen MR) is 67.3 cm³/mol. The lowest BCUT2D eigenvalue weighted by Crippen LogP contribution is -2.34. The van der Waals surface area contributed by atoms with Gasteiger partial charge >= 0.3 is 0 Å². The molecule has 2 unspecified atom stereocenters. The second-order valence-electron chi connectivity index (χ2n) is 4.81. The molecule has 1 heterocycles. The summed E-state index contributed by atoms with van der Waals surface area (Å²) in [4.78, 5) is 2.22. The van der Waals surface area contributed by atoms with Gasteiger partial charge in [-0.3, -0.25) is 0 Å². The van der Waals surface area contributed by atoms with Crippen LogP contribution in [0.15, 0.2) is 0 Å². The highest BCUT2D eigenvalue weighted by Crippen LogP contribution is 2.13. The molecule has 1 saturated heterocycles. The first-order valence-electron chi connectivity index (χ1n) is 5.65. The first kappa shape index (κ1) is 14.2. The summed E-state index contributed by atoms with van der Waals surface area (Å²) in [6.45, 7) is 4.44. The van der Waals surface area contributed by atoms with Gasteiger partial charge in [-0.2, -0.15) is 0 Å². The highest BCUT2D eigenvalue weighted by Gasteiger charge is 2.22. The molecule has 1 aliphatic rings. The van der Waals surface area contributed by atoms with Gasteiger partial charge in [-0.25, -0.2) is 13.1 Å². The number of hydrogen-bond donors (Lipinski definition) is 1. The molecule has 2 atom stereocenters. The summed E-state index contributed by atoms with van der Waals surface area (Å²) in [5.74, 6) is 0.961. The molecule has 0 aromatic heterocycles. The van der Waals surface area contributed by atoms with E-state index in [2.05, 4.69) is 16.7 Å². The van der Waals surface area contributed by atoms with Gasteiger partial charge in [0, 0.05) is 19.0 Å². The number of likely N-dealkylation sites (tertiary alicyclic amines) is 1. The highest BCUT2D eigenvalue weighted by molar-refractivity contribution is 7.89. The zero-order valence-corrected chi connectivity index (χ0v) is 11.5. The number of nitrogens with zero attached hydrogens (tertiary/aromatic N) is 1. The van der Waals surface area contributed by atoms with Crippen molar-refractivity contribution < 1.29 is 8.42 Å². The molecule has 4 nitrogen and oxygen atoms in total. The van der Waals surface area contributed by atoms with Crippen molar-refractivity contribution >= 4 is 21.6 Å². The largest absolute Gasteiger partial charge is 0.306 e. The molecule has 16 heavy (non-hydrogen) atoms. The van der Waals surface area contributed by atoms with Crippen LogP contribution in [0.25, 0.3) is 0 Å². The SMILES string of the molecule is CC(CCl)CS(=O)(=O)NCC1CCN(C)C1. The molecular formula is C10H21ClN2O2S. The van der Waals surface area contributed by atoms with Crippen LogP contribution in [0.3, 0.4) is 0 Å². The summed E-state index contributed by atoms with van der Waals surface area (Å²) >= 11 is 5.61. The molecule has 6 heteroatoms. The van der Waals surface area contributed by atoms with Crippen molar-refractivity contribution in [2.24, 2.45) is 11.8 Å². The summed E-state index contributed by atoms with van der Waals surface area (Å²) in [7, 11) is -1.09. The van der Waals surface area contributed by atoms with Crippen LogP contribution in [0.1, 0.15) is 13.3 Å². The number of halogens is 1. The van der Waals surface area contributed by atoms with Crippen molar-refractivity contribution in [3.63, 3.8) is 0 Å². The van der Waals surface area contributed by atoms with Crippen molar-refractivity contribution in [2.75, 3.05) is 38.3 Å². The Balaban J connectivity index is 2.30. The molecule has 1 rings (SSSR count). The Morgan fingerprint density at radius 1 is 1.56 bits per heavy atom. The molecule has 0 bridgehead atoms. The lowest BCUT2D eigenvalue weighted by molar-refractivity contribution is 0.394. The molecule has 1 fully saturated rings. The Kier molecular flexibility index (Phi) is 5.50. The smallest absolute Gasteiger partial charge is 0.211 e. The Bertz CT molecular complexity index is 308. The van der Waals surface area contributed by atoms with Crippen LogP contribution >= 0.6 is 11.6 Å². The van der Waals surface area contributed by atoms with Crippen LogP contribution in [0, 0.1) is 11.8 Å². The molecule has 0 saturated carbocycles. The number of alkyl halides is 1. The Morgan fingerprint density at radius 2 is 2.25 bits per heavy atom. The average Bonchev–Trinajstić information content (AvgIpc) is 2.61. The van der Waals surface area contributed by atoms with Crippen LogP contribution in [-0.4, -0.2) is 51.6 Å². The molecule has 0 aromatic carbocycles. The number of sulfonamides is 1. The van der Waals surface area contributed by atoms with E-state index in [1.54, 1.807) is 0 Å². The van der Waals surface area contributed by atoms with Crippen molar-refractivity contribution in [1.29, 1.82) is 0 Å². The van der Waals surface area contributed by atoms with Gasteiger partial charge in [-0.15, -0.1) is 11.6 Å². The minimum Gasteiger partial charge on any atom is -0.306 e. The average molecular weight is 269 g/mol. The highest BCUT2D eigenvalue weighted by atomic mass is 35.5. The van der Waals surface area contributed by atoms with Crippen LogP contribution in [0.4, 0.5) is 0 Å². The van der Waals surface area contributed by atoms with Crippen molar-refractivity contribution in [3.8, 4) is 0 Å². The molecule has 0 spiro atoms. The van der Waals surface area contributed by atoms with E-state index in [0.717, 1.165) is 19.5 Å². The van der Waals surface area contributed by atoms with Gasteiger partial charge in [-0.05, 0) is 31.8 Å². The molecule has 96 valence electrons. The Morgan fingerprint density at radius 3 is 2.75 bits per heavy atom. The summed E-state index contributed by atoms with van der Waals surface area (Å²) in [6.07, 6.45) is 1.07. The van der Waals surface area contributed by atoms with Crippen molar-refractivity contribution in [2.45, 2.75) is 13.3 Å². The number of hydrogen-bond acceptors (Lipinski definition) is 3. The van der Waals surface area contributed by atoms with Gasteiger partial charge in [0.25, 0.3) is 0 Å². The van der Waals surface area contributed by atoms with Gasteiger partial charge < -0.3 is 4.90 Å². The van der Waals surface area contributed by atoms with Crippen LogP contribution in [0.2, 0.25) is 0 Å². The fraction of sp³-hybridized carbons (Fsp3) is 1.00. The lowest BCUT2D eigenvalue weighted by atomic mass is 10.1. The van der Waals surface area contributed by atoms with E-state index >= 15 is 0 Å². The standard InChI is InChI=1S/C10H21ClN2O2S/c1-9(5-11)8-16(14,15)12-6-10-3-4-13(2)7-10/h9-10,12H,3-8H2,1-2H3. The first-order valence-corrected chi connectivity index (χ1v) is 7.83. The van der Waals surface area contributed by atoms with Gasteiger partial charge in [0.1, 0.15) is 0 Å². The number of rotatable bonds is 6. The quantitative estimate of drug-likeness (QED) is 0.723. The Hall–Kier alpha value is 0.160. The maximum atomic E-state index is 11.7. The Labute approximate surface area is 103 Å². The summed E-state index contributed by atoms with van der Waals surface area (Å²) in [5.41, 5.74) is 0. The molecular weight excluding hydrogens is 248 g/mol. The first-order chi connectivity index (χ1) is 7.43. The van der Waals surface area contributed by atoms with Crippen LogP contribution < -0.4 is 4.72 Å². The third kappa shape index (κ3) is 4.99. The summed E-state index contributed by atoms with van der Waals surface area (Å²) < 4.78 is 26.0. The maximum absolute atomic E-state index is 11.7. The van der Waals surface area contributed by atoms with Gasteiger partial charge in [-0.1, -0.05) is 6.92 Å². The normalized spacial score (nSPS) is 24.8. The molecule has 0 radical (unpaired) electrons. The zero-order valence-electron chi connectivity index (χ0n) is 9.95. The summed E-state index contributed by atoms with van der Waals surface area (Å²) in [6, 6.07) is 0. The molecule has 0 aliphatic carbocycles. The van der Waals surface area contributed by atoms with Gasteiger partial charge in [0.05, 0.1) is 5.75 Å². The third-order valence-electron chi connectivity index (χ3n) is 2.85. The van der Waals surface area contributed by atoms with E-state index in [1.807, 2.05) is 6.92 Å². The van der Waals surface area contributed by atoms with Gasteiger partial charge in [0.15, 0.2) is 0 Å². The minimum absolute atomic E-state index is 0.00502. The molecule has 1 aliphatic heterocycles. The van der Waals surface area contributed by atoms with E-state index in [9.17, 15) is 8.42 Å². The van der Waals surface area contributed by atoms with Gasteiger partial charge in [0.2, 0.25) is 10.0 Å². The predicted octanol–water partition coefficient (Wildman–Crippen LogP) is 0.732. The topological polar surface area (TPSA) is 49.4 Å².